The third kappa shape index (κ3) is 5.58. The lowest BCUT2D eigenvalue weighted by atomic mass is 9.98. The van der Waals surface area contributed by atoms with Crippen molar-refractivity contribution in [3.05, 3.63) is 29.8 Å². The highest BCUT2D eigenvalue weighted by molar-refractivity contribution is 7.90. The second kappa shape index (κ2) is 6.71. The van der Waals surface area contributed by atoms with E-state index < -0.39 is 16.2 Å². The van der Waals surface area contributed by atoms with E-state index in [-0.39, 0.29) is 18.4 Å². The fraction of sp³-hybridized carbons (Fsp3) is 0.462. The molecule has 0 bridgehead atoms. The van der Waals surface area contributed by atoms with E-state index in [9.17, 15) is 13.2 Å². The Bertz CT molecular complexity index is 552. The van der Waals surface area contributed by atoms with Gasteiger partial charge in [0.15, 0.2) is 0 Å². The Kier molecular flexibility index (Phi) is 5.52. The molecule has 0 spiro atoms. The van der Waals surface area contributed by atoms with Gasteiger partial charge in [0.05, 0.1) is 6.42 Å². The summed E-state index contributed by atoms with van der Waals surface area (Å²) in [6, 6.07) is 6.49. The summed E-state index contributed by atoms with van der Waals surface area (Å²) >= 11 is 0. The predicted octanol–water partition coefficient (Wildman–Crippen LogP) is 1.92. The van der Waals surface area contributed by atoms with Gasteiger partial charge in [0.2, 0.25) is 0 Å². The summed E-state index contributed by atoms with van der Waals surface area (Å²) in [5, 5.41) is 8.74. The number of carbonyl (C=O) groups is 1. The molecule has 0 aliphatic carbocycles. The van der Waals surface area contributed by atoms with Crippen molar-refractivity contribution in [2.24, 2.45) is 0 Å². The summed E-state index contributed by atoms with van der Waals surface area (Å²) in [4.78, 5) is 10.6. The average molecular weight is 300 g/mol. The highest BCUT2D eigenvalue weighted by Crippen LogP contribution is 2.21. The number of hydrogen-bond acceptors (Lipinski definition) is 3. The molecule has 0 amide bonds. The topological polar surface area (TPSA) is 95.5 Å². The van der Waals surface area contributed by atoms with Gasteiger partial charge in [-0.1, -0.05) is 19.1 Å². The van der Waals surface area contributed by atoms with Gasteiger partial charge in [0.1, 0.15) is 0 Å². The minimum atomic E-state index is -3.58. The van der Waals surface area contributed by atoms with Crippen LogP contribution in [0.2, 0.25) is 0 Å². The maximum atomic E-state index is 11.7. The summed E-state index contributed by atoms with van der Waals surface area (Å²) in [6.45, 7) is 5.28. The van der Waals surface area contributed by atoms with Crippen molar-refractivity contribution in [3.8, 4) is 0 Å². The largest absolute Gasteiger partial charge is 0.481 e. The molecule has 3 N–H and O–H groups in total. The molecule has 0 radical (unpaired) electrons. The number of hydrogen-bond donors (Lipinski definition) is 3. The van der Waals surface area contributed by atoms with E-state index in [0.29, 0.717) is 5.69 Å². The highest BCUT2D eigenvalue weighted by atomic mass is 32.2. The SMILES string of the molecule is CC(C)NS(=O)(=O)Nc1ccc(C(C)CC(=O)O)cc1. The van der Waals surface area contributed by atoms with Gasteiger partial charge in [-0.15, -0.1) is 0 Å². The van der Waals surface area contributed by atoms with Crippen LogP contribution in [0, 0.1) is 0 Å². The molecule has 0 heterocycles. The van der Waals surface area contributed by atoms with E-state index in [4.69, 9.17) is 5.11 Å². The number of anilines is 1. The van der Waals surface area contributed by atoms with Crippen molar-refractivity contribution in [2.75, 3.05) is 4.72 Å². The predicted molar refractivity (Wildman–Crippen MR) is 77.9 cm³/mol. The molecule has 0 fully saturated rings. The maximum Gasteiger partial charge on any atom is 0.303 e. The molecular weight excluding hydrogens is 280 g/mol. The third-order valence-corrected chi connectivity index (χ3v) is 3.89. The van der Waals surface area contributed by atoms with Crippen molar-refractivity contribution in [2.45, 2.75) is 39.2 Å². The van der Waals surface area contributed by atoms with Crippen molar-refractivity contribution < 1.29 is 18.3 Å². The Morgan fingerprint density at radius 3 is 2.20 bits per heavy atom. The van der Waals surface area contributed by atoms with Crippen LogP contribution in [-0.4, -0.2) is 25.5 Å². The Morgan fingerprint density at radius 1 is 1.20 bits per heavy atom. The van der Waals surface area contributed by atoms with E-state index >= 15 is 0 Å². The average Bonchev–Trinajstić information content (AvgIpc) is 2.26. The molecule has 1 unspecified atom stereocenters. The van der Waals surface area contributed by atoms with Gasteiger partial charge in [-0.2, -0.15) is 13.1 Å². The molecule has 0 saturated carbocycles. The first-order valence-electron chi connectivity index (χ1n) is 6.31. The zero-order valence-corrected chi connectivity index (χ0v) is 12.6. The molecule has 0 aliphatic rings. The Balaban J connectivity index is 2.74. The Morgan fingerprint density at radius 2 is 1.75 bits per heavy atom. The van der Waals surface area contributed by atoms with Crippen molar-refractivity contribution in [3.63, 3.8) is 0 Å². The van der Waals surface area contributed by atoms with E-state index in [2.05, 4.69) is 9.44 Å². The molecule has 6 nitrogen and oxygen atoms in total. The highest BCUT2D eigenvalue weighted by Gasteiger charge is 2.13. The number of carboxylic acids is 1. The van der Waals surface area contributed by atoms with E-state index in [0.717, 1.165) is 5.56 Å². The fourth-order valence-corrected chi connectivity index (χ4v) is 2.88. The number of rotatable bonds is 7. The molecule has 1 atom stereocenters. The molecule has 20 heavy (non-hydrogen) atoms. The molecule has 0 aromatic heterocycles. The van der Waals surface area contributed by atoms with Gasteiger partial charge < -0.3 is 5.11 Å². The third-order valence-electron chi connectivity index (χ3n) is 2.60. The van der Waals surface area contributed by atoms with Crippen molar-refractivity contribution in [1.82, 2.24) is 4.72 Å². The minimum absolute atomic E-state index is 0.0416. The smallest absolute Gasteiger partial charge is 0.303 e. The van der Waals surface area contributed by atoms with Crippen LogP contribution in [0.5, 0.6) is 0 Å². The molecule has 7 heteroatoms. The zero-order valence-electron chi connectivity index (χ0n) is 11.8. The van der Waals surface area contributed by atoms with Crippen LogP contribution in [0.4, 0.5) is 5.69 Å². The summed E-state index contributed by atoms with van der Waals surface area (Å²) in [6.07, 6.45) is 0.0416. The van der Waals surface area contributed by atoms with Gasteiger partial charge in [0, 0.05) is 11.7 Å². The van der Waals surface area contributed by atoms with Crippen LogP contribution in [-0.2, 0) is 15.0 Å². The van der Waals surface area contributed by atoms with Gasteiger partial charge in [0.25, 0.3) is 10.2 Å². The van der Waals surface area contributed by atoms with E-state index in [1.54, 1.807) is 38.1 Å². The molecule has 0 saturated heterocycles. The second-order valence-corrected chi connectivity index (χ2v) is 6.45. The second-order valence-electron chi connectivity index (χ2n) is 5.00. The Hall–Kier alpha value is -1.60. The van der Waals surface area contributed by atoms with Crippen LogP contribution in [0.3, 0.4) is 0 Å². The van der Waals surface area contributed by atoms with Crippen LogP contribution in [0.15, 0.2) is 24.3 Å². The minimum Gasteiger partial charge on any atom is -0.481 e. The van der Waals surface area contributed by atoms with Gasteiger partial charge >= 0.3 is 5.97 Å². The van der Waals surface area contributed by atoms with Crippen molar-refractivity contribution >= 4 is 21.9 Å². The number of nitrogens with one attached hydrogen (secondary N) is 2. The van der Waals surface area contributed by atoms with Crippen LogP contribution < -0.4 is 9.44 Å². The lowest BCUT2D eigenvalue weighted by molar-refractivity contribution is -0.137. The van der Waals surface area contributed by atoms with E-state index in [1.807, 2.05) is 6.92 Å². The summed E-state index contributed by atoms with van der Waals surface area (Å²) in [5.74, 6) is -0.977. The quantitative estimate of drug-likeness (QED) is 0.717. The fourth-order valence-electron chi connectivity index (χ4n) is 1.75. The van der Waals surface area contributed by atoms with Crippen LogP contribution in [0.1, 0.15) is 38.7 Å². The maximum absolute atomic E-state index is 11.7. The van der Waals surface area contributed by atoms with Crippen LogP contribution in [0.25, 0.3) is 0 Å². The zero-order chi connectivity index (χ0) is 15.3. The number of carboxylic acid groups (broad SMARTS) is 1. The summed E-state index contributed by atoms with van der Waals surface area (Å²) in [5.41, 5.74) is 1.29. The van der Waals surface area contributed by atoms with Gasteiger partial charge in [-0.05, 0) is 37.5 Å². The van der Waals surface area contributed by atoms with Gasteiger partial charge in [-0.25, -0.2) is 0 Å². The molecular formula is C13H20N2O4S. The summed E-state index contributed by atoms with van der Waals surface area (Å²) in [7, 11) is -3.58. The molecule has 1 aromatic carbocycles. The molecule has 1 aromatic rings. The van der Waals surface area contributed by atoms with Crippen LogP contribution >= 0.6 is 0 Å². The first-order valence-corrected chi connectivity index (χ1v) is 7.80. The lowest BCUT2D eigenvalue weighted by Gasteiger charge is -2.13. The van der Waals surface area contributed by atoms with Crippen molar-refractivity contribution in [1.29, 1.82) is 0 Å². The molecule has 0 aliphatic heterocycles. The monoisotopic (exact) mass is 300 g/mol. The normalized spacial score (nSPS) is 13.2. The number of benzene rings is 1. The lowest BCUT2D eigenvalue weighted by Crippen LogP contribution is -2.35. The Labute approximate surface area is 119 Å². The summed E-state index contributed by atoms with van der Waals surface area (Å²) < 4.78 is 28.2. The number of aliphatic carboxylic acids is 1. The van der Waals surface area contributed by atoms with E-state index in [1.165, 1.54) is 0 Å². The molecule has 112 valence electrons. The first kappa shape index (κ1) is 16.5. The molecule has 1 rings (SSSR count). The van der Waals surface area contributed by atoms with Gasteiger partial charge in [-0.3, -0.25) is 9.52 Å². The first-order chi connectivity index (χ1) is 9.19. The standard InChI is InChI=1S/C13H20N2O4S/c1-9(2)14-20(18,19)15-12-6-4-11(5-7-12)10(3)8-13(16)17/h4-7,9-10,14-15H,8H2,1-3H3,(H,16,17).